The van der Waals surface area contributed by atoms with Crippen LogP contribution in [0.2, 0.25) is 0 Å². The van der Waals surface area contributed by atoms with Gasteiger partial charge in [0.1, 0.15) is 0 Å². The van der Waals surface area contributed by atoms with E-state index in [2.05, 4.69) is 18.4 Å². The van der Waals surface area contributed by atoms with Crippen molar-refractivity contribution in [2.45, 2.75) is 12.5 Å². The minimum Gasteiger partial charge on any atom is -0.387 e. The fourth-order valence-electron chi connectivity index (χ4n) is 1.43. The summed E-state index contributed by atoms with van der Waals surface area (Å²) >= 11 is 3.16. The van der Waals surface area contributed by atoms with Crippen LogP contribution in [0, 0.1) is 11.8 Å². The molecule has 0 amide bonds. The Bertz CT molecular complexity index is 540. The molecule has 86 valence electrons. The van der Waals surface area contributed by atoms with E-state index < -0.39 is 6.10 Å². The van der Waals surface area contributed by atoms with E-state index in [9.17, 15) is 5.11 Å². The molecule has 3 heteroatoms. The summed E-state index contributed by atoms with van der Waals surface area (Å²) in [6.07, 6.45) is 1.80. The third-order valence-corrected chi connectivity index (χ3v) is 4.03. The first-order chi connectivity index (χ1) is 8.31. The Morgan fingerprint density at radius 2 is 2.18 bits per heavy atom. The average Bonchev–Trinajstić information content (AvgIpc) is 2.98. The van der Waals surface area contributed by atoms with Crippen molar-refractivity contribution in [1.82, 2.24) is 0 Å². The summed E-state index contributed by atoms with van der Waals surface area (Å²) in [7, 11) is 0. The van der Waals surface area contributed by atoms with E-state index in [1.165, 1.54) is 11.3 Å². The topological polar surface area (TPSA) is 20.2 Å². The van der Waals surface area contributed by atoms with Gasteiger partial charge in [-0.05, 0) is 29.3 Å². The molecule has 2 aromatic heterocycles. The zero-order valence-electron chi connectivity index (χ0n) is 9.22. The predicted octanol–water partition coefficient (Wildman–Crippen LogP) is 3.82. The number of hydrogen-bond donors (Lipinski definition) is 1. The van der Waals surface area contributed by atoms with Crippen molar-refractivity contribution >= 4 is 22.7 Å². The molecule has 1 nitrogen and oxygen atoms in total. The Kier molecular flexibility index (Phi) is 4.16. The second-order valence-corrected chi connectivity index (χ2v) is 5.36. The molecule has 0 aliphatic heterocycles. The van der Waals surface area contributed by atoms with Crippen molar-refractivity contribution in [2.24, 2.45) is 0 Å². The Hall–Kier alpha value is -1.34. The Labute approximate surface area is 109 Å². The van der Waals surface area contributed by atoms with Crippen LogP contribution in [-0.4, -0.2) is 5.11 Å². The Balaban J connectivity index is 2.22. The molecule has 2 rings (SSSR count). The summed E-state index contributed by atoms with van der Waals surface area (Å²) in [5.74, 6) is 6.21. The van der Waals surface area contributed by atoms with Crippen LogP contribution >= 0.6 is 22.7 Å². The predicted molar refractivity (Wildman–Crippen MR) is 74.4 cm³/mol. The van der Waals surface area contributed by atoms with Gasteiger partial charge in [-0.2, -0.15) is 0 Å². The lowest BCUT2D eigenvalue weighted by Gasteiger charge is -2.05. The smallest absolute Gasteiger partial charge is 0.0928 e. The third-order valence-electron chi connectivity index (χ3n) is 2.23. The number of hydrogen-bond acceptors (Lipinski definition) is 3. The molecule has 2 aromatic rings. The summed E-state index contributed by atoms with van der Waals surface area (Å²) in [6, 6.07) is 5.92. The monoisotopic (exact) mass is 260 g/mol. The quantitative estimate of drug-likeness (QED) is 0.657. The molecule has 0 bridgehead atoms. The van der Waals surface area contributed by atoms with Crippen molar-refractivity contribution in [3.05, 3.63) is 56.9 Å². The minimum absolute atomic E-state index is 0.486. The van der Waals surface area contributed by atoms with Gasteiger partial charge in [0.2, 0.25) is 0 Å². The molecule has 0 aromatic carbocycles. The summed E-state index contributed by atoms with van der Waals surface area (Å²) < 4.78 is 0. The fourth-order valence-corrected chi connectivity index (χ4v) is 2.85. The molecule has 1 unspecified atom stereocenters. The Morgan fingerprint density at radius 3 is 2.88 bits per heavy atom. The lowest BCUT2D eigenvalue weighted by molar-refractivity contribution is 0.185. The van der Waals surface area contributed by atoms with Crippen molar-refractivity contribution in [2.75, 3.05) is 0 Å². The zero-order valence-corrected chi connectivity index (χ0v) is 10.9. The van der Waals surface area contributed by atoms with Gasteiger partial charge in [-0.25, -0.2) is 0 Å². The highest BCUT2D eigenvalue weighted by Crippen LogP contribution is 2.26. The summed E-state index contributed by atoms with van der Waals surface area (Å²) in [5, 5.41) is 13.9. The first-order valence-electron chi connectivity index (χ1n) is 5.23. The van der Waals surface area contributed by atoms with Gasteiger partial charge in [0, 0.05) is 10.4 Å². The SMILES string of the molecule is C=CCC(O)c1sccc1C#Cc1cccs1. The highest BCUT2D eigenvalue weighted by molar-refractivity contribution is 7.10. The van der Waals surface area contributed by atoms with Gasteiger partial charge in [0.15, 0.2) is 0 Å². The van der Waals surface area contributed by atoms with E-state index in [4.69, 9.17) is 0 Å². The summed E-state index contributed by atoms with van der Waals surface area (Å²) in [4.78, 5) is 1.97. The standard InChI is InChI=1S/C14H12OS2/c1-2-4-13(15)14-11(8-10-17-14)6-7-12-5-3-9-16-12/h2-3,5,8-10,13,15H,1,4H2. The maximum absolute atomic E-state index is 9.92. The van der Waals surface area contributed by atoms with E-state index in [0.717, 1.165) is 15.3 Å². The van der Waals surface area contributed by atoms with Crippen LogP contribution in [-0.2, 0) is 0 Å². The van der Waals surface area contributed by atoms with Crippen molar-refractivity contribution in [3.63, 3.8) is 0 Å². The van der Waals surface area contributed by atoms with E-state index in [-0.39, 0.29) is 0 Å². The number of aliphatic hydroxyl groups is 1. The summed E-state index contributed by atoms with van der Waals surface area (Å²) in [6.45, 7) is 3.64. The van der Waals surface area contributed by atoms with E-state index in [0.29, 0.717) is 6.42 Å². The fraction of sp³-hybridized carbons (Fsp3) is 0.143. The molecule has 0 saturated heterocycles. The zero-order chi connectivity index (χ0) is 12.1. The molecule has 0 radical (unpaired) electrons. The van der Waals surface area contributed by atoms with Crippen LogP contribution in [0.4, 0.5) is 0 Å². The van der Waals surface area contributed by atoms with Crippen LogP contribution in [0.15, 0.2) is 41.6 Å². The van der Waals surface area contributed by atoms with Gasteiger partial charge in [-0.15, -0.1) is 29.3 Å². The lowest BCUT2D eigenvalue weighted by Crippen LogP contribution is -1.94. The van der Waals surface area contributed by atoms with Crippen LogP contribution < -0.4 is 0 Å². The molecule has 0 aliphatic carbocycles. The average molecular weight is 260 g/mol. The lowest BCUT2D eigenvalue weighted by atomic mass is 10.1. The number of thiophene rings is 2. The first kappa shape index (κ1) is 12.1. The van der Waals surface area contributed by atoms with Crippen LogP contribution in [0.3, 0.4) is 0 Å². The van der Waals surface area contributed by atoms with Crippen molar-refractivity contribution in [3.8, 4) is 11.8 Å². The van der Waals surface area contributed by atoms with Crippen molar-refractivity contribution in [1.29, 1.82) is 0 Å². The van der Waals surface area contributed by atoms with E-state index in [1.807, 2.05) is 29.0 Å². The minimum atomic E-state index is -0.486. The molecule has 0 aliphatic rings. The number of aliphatic hydroxyl groups excluding tert-OH is 1. The maximum Gasteiger partial charge on any atom is 0.0928 e. The second-order valence-electron chi connectivity index (χ2n) is 3.47. The van der Waals surface area contributed by atoms with E-state index >= 15 is 0 Å². The van der Waals surface area contributed by atoms with Crippen LogP contribution in [0.25, 0.3) is 0 Å². The normalized spacial score (nSPS) is 11.6. The highest BCUT2D eigenvalue weighted by atomic mass is 32.1. The second kappa shape index (κ2) is 5.83. The van der Waals surface area contributed by atoms with Crippen molar-refractivity contribution < 1.29 is 5.11 Å². The third kappa shape index (κ3) is 3.07. The molecule has 0 spiro atoms. The first-order valence-corrected chi connectivity index (χ1v) is 6.99. The molecule has 2 heterocycles. The number of rotatable bonds is 3. The maximum atomic E-state index is 9.92. The molecule has 0 fully saturated rings. The van der Waals surface area contributed by atoms with Gasteiger partial charge in [-0.3, -0.25) is 0 Å². The van der Waals surface area contributed by atoms with Gasteiger partial charge < -0.3 is 5.11 Å². The molecular formula is C14H12OS2. The van der Waals surface area contributed by atoms with Gasteiger partial charge in [0.05, 0.1) is 11.0 Å². The Morgan fingerprint density at radius 1 is 1.29 bits per heavy atom. The van der Waals surface area contributed by atoms with E-state index in [1.54, 1.807) is 17.4 Å². The van der Waals surface area contributed by atoms with Crippen LogP contribution in [0.1, 0.15) is 27.8 Å². The molecule has 1 N–H and O–H groups in total. The molecule has 0 saturated carbocycles. The largest absolute Gasteiger partial charge is 0.387 e. The van der Waals surface area contributed by atoms with Crippen LogP contribution in [0.5, 0.6) is 0 Å². The molecule has 1 atom stereocenters. The van der Waals surface area contributed by atoms with Gasteiger partial charge in [-0.1, -0.05) is 24.0 Å². The molecule has 17 heavy (non-hydrogen) atoms. The summed E-state index contributed by atoms with van der Waals surface area (Å²) in [5.41, 5.74) is 0.915. The highest BCUT2D eigenvalue weighted by Gasteiger charge is 2.11. The van der Waals surface area contributed by atoms with Gasteiger partial charge >= 0.3 is 0 Å². The van der Waals surface area contributed by atoms with Gasteiger partial charge in [0.25, 0.3) is 0 Å². The molecular weight excluding hydrogens is 248 g/mol.